The van der Waals surface area contributed by atoms with Crippen molar-refractivity contribution in [3.63, 3.8) is 0 Å². The zero-order chi connectivity index (χ0) is 12.0. The van der Waals surface area contributed by atoms with E-state index in [-0.39, 0.29) is 0 Å². The minimum atomic E-state index is 0.575. The normalized spacial score (nSPS) is 18.4. The molecule has 1 heterocycles. The Labute approximate surface area is 99.5 Å². The Morgan fingerprint density at radius 2 is 2.00 bits per heavy atom. The van der Waals surface area contributed by atoms with Gasteiger partial charge in [0.25, 0.3) is 0 Å². The van der Waals surface area contributed by atoms with Crippen LogP contribution in [-0.2, 0) is 0 Å². The molecule has 94 valence electrons. The SMILES string of the molecule is CC(C)CN=C(N)N(C)CCN1CCCC1. The molecule has 0 aromatic carbocycles. The maximum absolute atomic E-state index is 5.91. The molecule has 0 spiro atoms. The highest BCUT2D eigenvalue weighted by Crippen LogP contribution is 2.06. The van der Waals surface area contributed by atoms with E-state index in [0.717, 1.165) is 19.6 Å². The van der Waals surface area contributed by atoms with E-state index in [4.69, 9.17) is 5.73 Å². The number of rotatable bonds is 5. The van der Waals surface area contributed by atoms with Crippen molar-refractivity contribution in [2.45, 2.75) is 26.7 Å². The Morgan fingerprint density at radius 3 is 2.56 bits per heavy atom. The molecule has 0 atom stereocenters. The van der Waals surface area contributed by atoms with Gasteiger partial charge in [-0.1, -0.05) is 13.8 Å². The van der Waals surface area contributed by atoms with Crippen molar-refractivity contribution < 1.29 is 0 Å². The molecule has 4 heteroatoms. The van der Waals surface area contributed by atoms with E-state index in [1.165, 1.54) is 25.9 Å². The molecule has 4 nitrogen and oxygen atoms in total. The molecular formula is C12H26N4. The van der Waals surface area contributed by atoms with E-state index in [1.54, 1.807) is 0 Å². The van der Waals surface area contributed by atoms with E-state index < -0.39 is 0 Å². The van der Waals surface area contributed by atoms with Gasteiger partial charge in [-0.25, -0.2) is 0 Å². The van der Waals surface area contributed by atoms with Gasteiger partial charge in [0.15, 0.2) is 5.96 Å². The minimum absolute atomic E-state index is 0.575. The fraction of sp³-hybridized carbons (Fsp3) is 0.917. The first-order valence-electron chi connectivity index (χ1n) is 6.33. The number of nitrogens with two attached hydrogens (primary N) is 1. The van der Waals surface area contributed by atoms with Gasteiger partial charge >= 0.3 is 0 Å². The van der Waals surface area contributed by atoms with Crippen molar-refractivity contribution in [2.24, 2.45) is 16.6 Å². The summed E-state index contributed by atoms with van der Waals surface area (Å²) >= 11 is 0. The van der Waals surface area contributed by atoms with Crippen LogP contribution >= 0.6 is 0 Å². The van der Waals surface area contributed by atoms with Crippen molar-refractivity contribution in [2.75, 3.05) is 39.8 Å². The molecule has 0 bridgehead atoms. The monoisotopic (exact) mass is 226 g/mol. The Balaban J connectivity index is 2.22. The largest absolute Gasteiger partial charge is 0.370 e. The van der Waals surface area contributed by atoms with Gasteiger partial charge in [-0.05, 0) is 31.8 Å². The molecule has 0 unspecified atom stereocenters. The highest BCUT2D eigenvalue weighted by Gasteiger charge is 2.12. The molecule has 1 aliphatic rings. The van der Waals surface area contributed by atoms with Gasteiger partial charge in [-0.15, -0.1) is 0 Å². The fourth-order valence-electron chi connectivity index (χ4n) is 1.81. The molecule has 0 aromatic heterocycles. The van der Waals surface area contributed by atoms with Crippen LogP contribution in [0.15, 0.2) is 4.99 Å². The third kappa shape index (κ3) is 4.84. The average Bonchev–Trinajstić information content (AvgIpc) is 2.75. The zero-order valence-electron chi connectivity index (χ0n) is 10.9. The topological polar surface area (TPSA) is 44.9 Å². The van der Waals surface area contributed by atoms with Crippen molar-refractivity contribution in [3.8, 4) is 0 Å². The molecule has 16 heavy (non-hydrogen) atoms. The quantitative estimate of drug-likeness (QED) is 0.561. The second kappa shape index (κ2) is 6.74. The number of aliphatic imine (C=N–C) groups is 1. The van der Waals surface area contributed by atoms with Gasteiger partial charge in [-0.2, -0.15) is 0 Å². The Hall–Kier alpha value is -0.770. The summed E-state index contributed by atoms with van der Waals surface area (Å²) in [5.74, 6) is 1.25. The molecule has 0 amide bonds. The van der Waals surface area contributed by atoms with Crippen LogP contribution in [0, 0.1) is 5.92 Å². The Bertz CT molecular complexity index is 219. The molecule has 1 saturated heterocycles. The molecule has 0 radical (unpaired) electrons. The first kappa shape index (κ1) is 13.3. The van der Waals surface area contributed by atoms with Crippen LogP contribution in [0.1, 0.15) is 26.7 Å². The predicted molar refractivity (Wildman–Crippen MR) is 69.6 cm³/mol. The second-order valence-corrected chi connectivity index (χ2v) is 5.06. The van der Waals surface area contributed by atoms with Crippen molar-refractivity contribution in [3.05, 3.63) is 0 Å². The lowest BCUT2D eigenvalue weighted by Gasteiger charge is -2.22. The minimum Gasteiger partial charge on any atom is -0.370 e. The lowest BCUT2D eigenvalue weighted by atomic mass is 10.2. The number of guanidine groups is 1. The highest BCUT2D eigenvalue weighted by atomic mass is 15.3. The van der Waals surface area contributed by atoms with Crippen LogP contribution in [0.2, 0.25) is 0 Å². The molecule has 1 fully saturated rings. The Morgan fingerprint density at radius 1 is 1.38 bits per heavy atom. The summed E-state index contributed by atoms with van der Waals surface area (Å²) in [7, 11) is 2.02. The van der Waals surface area contributed by atoms with Gasteiger partial charge < -0.3 is 15.5 Å². The fourth-order valence-corrected chi connectivity index (χ4v) is 1.81. The number of hydrogen-bond donors (Lipinski definition) is 1. The smallest absolute Gasteiger partial charge is 0.191 e. The van der Waals surface area contributed by atoms with E-state index in [9.17, 15) is 0 Å². The van der Waals surface area contributed by atoms with Crippen molar-refractivity contribution >= 4 is 5.96 Å². The Kier molecular flexibility index (Phi) is 5.60. The van der Waals surface area contributed by atoms with Gasteiger partial charge in [0.1, 0.15) is 0 Å². The molecule has 1 aliphatic heterocycles. The lowest BCUT2D eigenvalue weighted by molar-refractivity contribution is 0.306. The molecular weight excluding hydrogens is 200 g/mol. The summed E-state index contributed by atoms with van der Waals surface area (Å²) in [5, 5.41) is 0. The maximum Gasteiger partial charge on any atom is 0.191 e. The second-order valence-electron chi connectivity index (χ2n) is 5.06. The number of hydrogen-bond acceptors (Lipinski definition) is 2. The van der Waals surface area contributed by atoms with Gasteiger partial charge in [0.05, 0.1) is 0 Å². The summed E-state index contributed by atoms with van der Waals surface area (Å²) in [6.45, 7) is 9.71. The molecule has 0 aliphatic carbocycles. The van der Waals surface area contributed by atoms with Crippen LogP contribution < -0.4 is 5.73 Å². The van der Waals surface area contributed by atoms with E-state index in [1.807, 2.05) is 7.05 Å². The summed E-state index contributed by atoms with van der Waals surface area (Å²) in [6, 6.07) is 0. The maximum atomic E-state index is 5.91. The average molecular weight is 226 g/mol. The van der Waals surface area contributed by atoms with Crippen molar-refractivity contribution in [1.82, 2.24) is 9.80 Å². The summed E-state index contributed by atoms with van der Waals surface area (Å²) in [4.78, 5) is 8.92. The van der Waals surface area contributed by atoms with E-state index in [0.29, 0.717) is 11.9 Å². The summed E-state index contributed by atoms with van der Waals surface area (Å²) < 4.78 is 0. The third-order valence-corrected chi connectivity index (χ3v) is 2.96. The highest BCUT2D eigenvalue weighted by molar-refractivity contribution is 5.77. The van der Waals surface area contributed by atoms with E-state index >= 15 is 0 Å². The third-order valence-electron chi connectivity index (χ3n) is 2.96. The number of likely N-dealkylation sites (N-methyl/N-ethyl adjacent to an activating group) is 1. The van der Waals surface area contributed by atoms with Gasteiger partial charge in [0.2, 0.25) is 0 Å². The van der Waals surface area contributed by atoms with Crippen LogP contribution in [0.5, 0.6) is 0 Å². The van der Waals surface area contributed by atoms with Gasteiger partial charge in [-0.3, -0.25) is 4.99 Å². The zero-order valence-corrected chi connectivity index (χ0v) is 10.9. The number of likely N-dealkylation sites (tertiary alicyclic amines) is 1. The summed E-state index contributed by atoms with van der Waals surface area (Å²) in [6.07, 6.45) is 2.70. The van der Waals surface area contributed by atoms with Crippen LogP contribution in [0.3, 0.4) is 0 Å². The summed E-state index contributed by atoms with van der Waals surface area (Å²) in [5.41, 5.74) is 5.91. The first-order valence-corrected chi connectivity index (χ1v) is 6.33. The molecule has 0 saturated carbocycles. The van der Waals surface area contributed by atoms with Crippen LogP contribution in [0.4, 0.5) is 0 Å². The van der Waals surface area contributed by atoms with Crippen molar-refractivity contribution in [1.29, 1.82) is 0 Å². The first-order chi connectivity index (χ1) is 7.59. The number of nitrogens with zero attached hydrogens (tertiary/aromatic N) is 3. The van der Waals surface area contributed by atoms with Gasteiger partial charge in [0, 0.05) is 26.7 Å². The molecule has 2 N–H and O–H groups in total. The standard InChI is InChI=1S/C12H26N4/c1-11(2)10-14-12(13)15(3)8-9-16-6-4-5-7-16/h11H,4-10H2,1-3H3,(H2,13,14). The predicted octanol–water partition coefficient (Wildman–Crippen LogP) is 0.985. The van der Waals surface area contributed by atoms with Crippen LogP contribution in [-0.4, -0.2) is 55.5 Å². The van der Waals surface area contributed by atoms with E-state index in [2.05, 4.69) is 28.6 Å². The molecule has 0 aromatic rings. The van der Waals surface area contributed by atoms with Crippen LogP contribution in [0.25, 0.3) is 0 Å². The molecule has 1 rings (SSSR count). The lowest BCUT2D eigenvalue weighted by Crippen LogP contribution is -2.39.